The van der Waals surface area contributed by atoms with Gasteiger partial charge in [0.1, 0.15) is 17.3 Å². The van der Waals surface area contributed by atoms with Crippen LogP contribution in [0.4, 0.5) is 14.5 Å². The third kappa shape index (κ3) is 4.35. The zero-order valence-corrected chi connectivity index (χ0v) is 14.4. The van der Waals surface area contributed by atoms with E-state index >= 15 is 0 Å². The van der Waals surface area contributed by atoms with Gasteiger partial charge in [0.15, 0.2) is 0 Å². The highest BCUT2D eigenvalue weighted by Gasteiger charge is 2.19. The Morgan fingerprint density at radius 1 is 1.04 bits per heavy atom. The van der Waals surface area contributed by atoms with Crippen molar-refractivity contribution in [1.82, 2.24) is 14.5 Å². The van der Waals surface area contributed by atoms with Crippen LogP contribution < -0.4 is 5.32 Å². The van der Waals surface area contributed by atoms with Gasteiger partial charge in [-0.2, -0.15) is 0 Å². The first-order valence-electron chi connectivity index (χ1n) is 8.03. The van der Waals surface area contributed by atoms with Gasteiger partial charge in [-0.3, -0.25) is 14.2 Å². The summed E-state index contributed by atoms with van der Waals surface area (Å²) in [6, 6.07) is 10.9. The fraction of sp³-hybridized carbons (Fsp3) is 0.105. The molecule has 0 fully saturated rings. The summed E-state index contributed by atoms with van der Waals surface area (Å²) in [7, 11) is 1.48. The second-order valence-electron chi connectivity index (χ2n) is 5.84. The third-order valence-electron chi connectivity index (χ3n) is 3.82. The molecular weight excluding hydrogens is 354 g/mol. The number of aromatic nitrogens is 2. The predicted octanol–water partition coefficient (Wildman–Crippen LogP) is 2.86. The van der Waals surface area contributed by atoms with Crippen molar-refractivity contribution in [2.24, 2.45) is 0 Å². The molecule has 138 valence electrons. The van der Waals surface area contributed by atoms with Gasteiger partial charge in [-0.25, -0.2) is 13.8 Å². The minimum atomic E-state index is -0.426. The molecule has 0 aliphatic carbocycles. The molecule has 0 bridgehead atoms. The molecule has 0 aliphatic rings. The van der Waals surface area contributed by atoms with E-state index in [1.807, 2.05) is 0 Å². The van der Waals surface area contributed by atoms with Gasteiger partial charge in [0, 0.05) is 18.4 Å². The van der Waals surface area contributed by atoms with Crippen LogP contribution in [0.5, 0.6) is 0 Å². The first kappa shape index (κ1) is 18.2. The van der Waals surface area contributed by atoms with E-state index in [2.05, 4.69) is 10.3 Å². The highest BCUT2D eigenvalue weighted by Crippen LogP contribution is 2.14. The SMILES string of the molecule is CN(CC(=O)Nc1ccc(F)cc1)C(=O)c1cncn1-c1ccc(F)cc1. The Labute approximate surface area is 154 Å². The van der Waals surface area contributed by atoms with Crippen molar-refractivity contribution in [3.8, 4) is 5.69 Å². The summed E-state index contributed by atoms with van der Waals surface area (Å²) in [5, 5.41) is 2.59. The first-order chi connectivity index (χ1) is 12.9. The third-order valence-corrected chi connectivity index (χ3v) is 3.82. The molecule has 0 saturated carbocycles. The summed E-state index contributed by atoms with van der Waals surface area (Å²) in [5.41, 5.74) is 1.23. The first-order valence-corrected chi connectivity index (χ1v) is 8.03. The quantitative estimate of drug-likeness (QED) is 0.751. The number of carbonyl (C=O) groups is 2. The average Bonchev–Trinajstić information content (AvgIpc) is 3.13. The van der Waals surface area contributed by atoms with Crippen molar-refractivity contribution < 1.29 is 18.4 Å². The van der Waals surface area contributed by atoms with Crippen LogP contribution >= 0.6 is 0 Å². The standard InChI is InChI=1S/C19H16F2N4O2/c1-24(11-18(26)23-15-6-2-13(20)3-7-15)19(27)17-10-22-12-25(17)16-8-4-14(21)5-9-16/h2-10,12H,11H2,1H3,(H,23,26). The number of nitrogens with one attached hydrogen (secondary N) is 1. The maximum absolute atomic E-state index is 13.1. The lowest BCUT2D eigenvalue weighted by Gasteiger charge is -2.17. The molecule has 6 nitrogen and oxygen atoms in total. The molecule has 0 spiro atoms. The maximum Gasteiger partial charge on any atom is 0.272 e. The molecule has 0 aliphatic heterocycles. The van der Waals surface area contributed by atoms with E-state index < -0.39 is 17.6 Å². The molecule has 2 aromatic carbocycles. The lowest BCUT2D eigenvalue weighted by Crippen LogP contribution is -2.35. The Hall–Kier alpha value is -3.55. The molecule has 3 rings (SSSR count). The van der Waals surface area contributed by atoms with Gasteiger partial charge in [-0.05, 0) is 48.5 Å². The lowest BCUT2D eigenvalue weighted by atomic mass is 10.3. The summed E-state index contributed by atoms with van der Waals surface area (Å²) in [4.78, 5) is 30.0. The molecule has 1 heterocycles. The molecule has 0 radical (unpaired) electrons. The fourth-order valence-electron chi connectivity index (χ4n) is 2.48. The van der Waals surface area contributed by atoms with Crippen molar-refractivity contribution in [2.75, 3.05) is 18.9 Å². The van der Waals surface area contributed by atoms with E-state index in [0.717, 1.165) is 0 Å². The second kappa shape index (κ2) is 7.77. The Balaban J connectivity index is 1.69. The van der Waals surface area contributed by atoms with Gasteiger partial charge in [0.2, 0.25) is 5.91 Å². The van der Waals surface area contributed by atoms with Crippen molar-refractivity contribution in [1.29, 1.82) is 0 Å². The predicted molar refractivity (Wildman–Crippen MR) is 95.5 cm³/mol. The number of carbonyl (C=O) groups excluding carboxylic acids is 2. The van der Waals surface area contributed by atoms with E-state index in [0.29, 0.717) is 11.4 Å². The molecule has 3 aromatic rings. The zero-order valence-electron chi connectivity index (χ0n) is 14.4. The highest BCUT2D eigenvalue weighted by atomic mass is 19.1. The molecule has 27 heavy (non-hydrogen) atoms. The van der Waals surface area contributed by atoms with Gasteiger partial charge in [0.25, 0.3) is 5.91 Å². The van der Waals surface area contributed by atoms with Gasteiger partial charge >= 0.3 is 0 Å². The van der Waals surface area contributed by atoms with Crippen molar-refractivity contribution >= 4 is 17.5 Å². The molecule has 0 unspecified atom stereocenters. The van der Waals surface area contributed by atoms with E-state index in [-0.39, 0.29) is 18.1 Å². The number of rotatable bonds is 5. The van der Waals surface area contributed by atoms with Crippen LogP contribution in [0.3, 0.4) is 0 Å². The Kier molecular flexibility index (Phi) is 5.25. The largest absolute Gasteiger partial charge is 0.331 e. The fourth-order valence-corrected chi connectivity index (χ4v) is 2.48. The molecule has 0 atom stereocenters. The summed E-state index contributed by atoms with van der Waals surface area (Å²) >= 11 is 0. The van der Waals surface area contributed by atoms with Crippen LogP contribution in [-0.4, -0.2) is 39.9 Å². The number of hydrogen-bond acceptors (Lipinski definition) is 3. The minimum absolute atomic E-state index is 0.204. The summed E-state index contributed by atoms with van der Waals surface area (Å²) in [6.07, 6.45) is 2.81. The highest BCUT2D eigenvalue weighted by molar-refractivity contribution is 5.98. The van der Waals surface area contributed by atoms with Crippen LogP contribution in [0.2, 0.25) is 0 Å². The van der Waals surface area contributed by atoms with Crippen molar-refractivity contribution in [3.05, 3.63) is 78.4 Å². The monoisotopic (exact) mass is 370 g/mol. The van der Waals surface area contributed by atoms with Crippen LogP contribution in [0, 0.1) is 11.6 Å². The summed E-state index contributed by atoms with van der Waals surface area (Å²) in [6.45, 7) is -0.204. The minimum Gasteiger partial charge on any atom is -0.331 e. The van der Waals surface area contributed by atoms with E-state index in [1.54, 1.807) is 0 Å². The van der Waals surface area contributed by atoms with Gasteiger partial charge in [0.05, 0.1) is 19.1 Å². The van der Waals surface area contributed by atoms with Crippen LogP contribution in [-0.2, 0) is 4.79 Å². The number of anilines is 1. The molecule has 8 heteroatoms. The van der Waals surface area contributed by atoms with Gasteiger partial charge in [-0.15, -0.1) is 0 Å². The molecule has 1 N–H and O–H groups in total. The molecule has 2 amide bonds. The molecular formula is C19H16F2N4O2. The number of imidazole rings is 1. The van der Waals surface area contributed by atoms with E-state index in [4.69, 9.17) is 0 Å². The van der Waals surface area contributed by atoms with Crippen molar-refractivity contribution in [2.45, 2.75) is 0 Å². The molecule has 1 aromatic heterocycles. The Bertz CT molecular complexity index is 953. The number of nitrogens with zero attached hydrogens (tertiary/aromatic N) is 3. The topological polar surface area (TPSA) is 67.2 Å². The number of amides is 2. The average molecular weight is 370 g/mol. The number of benzene rings is 2. The Morgan fingerprint density at radius 3 is 2.26 bits per heavy atom. The second-order valence-corrected chi connectivity index (χ2v) is 5.84. The van der Waals surface area contributed by atoms with E-state index in [1.165, 1.54) is 77.6 Å². The normalized spacial score (nSPS) is 10.5. The smallest absolute Gasteiger partial charge is 0.272 e. The number of likely N-dealkylation sites (N-methyl/N-ethyl adjacent to an activating group) is 1. The van der Waals surface area contributed by atoms with Gasteiger partial charge < -0.3 is 10.2 Å². The van der Waals surface area contributed by atoms with Gasteiger partial charge in [-0.1, -0.05) is 0 Å². The number of hydrogen-bond donors (Lipinski definition) is 1. The zero-order chi connectivity index (χ0) is 19.4. The summed E-state index contributed by atoms with van der Waals surface area (Å²) in [5.74, 6) is -1.65. The lowest BCUT2D eigenvalue weighted by molar-refractivity contribution is -0.116. The van der Waals surface area contributed by atoms with Crippen LogP contribution in [0.15, 0.2) is 61.1 Å². The van der Waals surface area contributed by atoms with Crippen LogP contribution in [0.1, 0.15) is 10.5 Å². The van der Waals surface area contributed by atoms with Crippen molar-refractivity contribution in [3.63, 3.8) is 0 Å². The summed E-state index contributed by atoms with van der Waals surface area (Å²) < 4.78 is 27.5. The Morgan fingerprint density at radius 2 is 1.63 bits per heavy atom. The van der Waals surface area contributed by atoms with Crippen LogP contribution in [0.25, 0.3) is 5.69 Å². The molecule has 0 saturated heterocycles. The van der Waals surface area contributed by atoms with E-state index in [9.17, 15) is 18.4 Å². The maximum atomic E-state index is 13.1. The number of halogens is 2.